The number of hydrogen-bond acceptors (Lipinski definition) is 8. The number of hydrazone groups is 1. The van der Waals surface area contributed by atoms with Crippen molar-refractivity contribution < 1.29 is 23.9 Å². The smallest absolute Gasteiger partial charge is 0.332 e. The number of nitrogens with zero attached hydrogens (tertiary/aromatic N) is 1. The minimum atomic E-state index is -0.763. The molecule has 0 radical (unpaired) electrons. The number of rotatable bonds is 7. The number of cyclic esters (lactones) is 1. The van der Waals surface area contributed by atoms with Crippen LogP contribution in [0.5, 0.6) is 0 Å². The van der Waals surface area contributed by atoms with Crippen molar-refractivity contribution in [2.45, 2.75) is 44.7 Å². The zero-order chi connectivity index (χ0) is 20.2. The van der Waals surface area contributed by atoms with Crippen LogP contribution < -0.4 is 22.6 Å². The summed E-state index contributed by atoms with van der Waals surface area (Å²) in [5, 5.41) is 3.40. The molecule has 0 bridgehead atoms. The molecule has 0 spiro atoms. The summed E-state index contributed by atoms with van der Waals surface area (Å²) in [6.07, 6.45) is 1.09. The van der Waals surface area contributed by atoms with Crippen LogP contribution in [-0.2, 0) is 25.7 Å². The van der Waals surface area contributed by atoms with Gasteiger partial charge in [0.2, 0.25) is 6.29 Å². The summed E-state index contributed by atoms with van der Waals surface area (Å²) in [5.41, 5.74) is 18.8. The summed E-state index contributed by atoms with van der Waals surface area (Å²) in [5.74, 6) is -0.325. The molecule has 1 aromatic carbocycles. The van der Waals surface area contributed by atoms with E-state index in [-0.39, 0.29) is 30.6 Å². The quantitative estimate of drug-likeness (QED) is 0.287. The van der Waals surface area contributed by atoms with Gasteiger partial charge in [-0.3, -0.25) is 9.59 Å². The van der Waals surface area contributed by atoms with E-state index in [0.29, 0.717) is 6.61 Å². The van der Waals surface area contributed by atoms with Crippen molar-refractivity contribution in [1.82, 2.24) is 5.43 Å². The maximum Gasteiger partial charge on any atom is 0.332 e. The predicted molar refractivity (Wildman–Crippen MR) is 98.2 cm³/mol. The van der Waals surface area contributed by atoms with E-state index in [2.05, 4.69) is 5.10 Å². The van der Waals surface area contributed by atoms with Gasteiger partial charge in [-0.1, -0.05) is 30.3 Å². The average molecular weight is 379 g/mol. The molecule has 1 aliphatic rings. The summed E-state index contributed by atoms with van der Waals surface area (Å²) in [6.45, 7) is 1.84. The number of benzene rings is 1. The topological polar surface area (TPSA) is 172 Å². The molecule has 0 aliphatic carbocycles. The Morgan fingerprint density at radius 3 is 2.59 bits per heavy atom. The number of ether oxygens (including phenoxy) is 2. The fraction of sp³-hybridized carbons (Fsp3) is 0.412. The van der Waals surface area contributed by atoms with E-state index in [9.17, 15) is 14.4 Å². The van der Waals surface area contributed by atoms with Gasteiger partial charge in [0.25, 0.3) is 0 Å². The molecule has 10 nitrogen and oxygen atoms in total. The zero-order valence-electron chi connectivity index (χ0n) is 15.0. The molecular weight excluding hydrogens is 354 g/mol. The SMILES string of the molecule is CC(=O)CC(N)/C=N\NC(N)=O.NC1CC(=O)OC1OCc1ccccc1. The van der Waals surface area contributed by atoms with Crippen LogP contribution in [0, 0.1) is 0 Å². The summed E-state index contributed by atoms with van der Waals surface area (Å²) < 4.78 is 10.3. The molecule has 27 heavy (non-hydrogen) atoms. The number of urea groups is 1. The highest BCUT2D eigenvalue weighted by atomic mass is 16.7. The molecule has 1 aromatic rings. The van der Waals surface area contributed by atoms with Crippen molar-refractivity contribution in [3.8, 4) is 0 Å². The normalized spacial score (nSPS) is 19.7. The van der Waals surface area contributed by atoms with E-state index in [0.717, 1.165) is 5.56 Å². The molecule has 2 rings (SSSR count). The van der Waals surface area contributed by atoms with Gasteiger partial charge in [-0.2, -0.15) is 5.10 Å². The maximum atomic E-state index is 10.9. The lowest BCUT2D eigenvalue weighted by molar-refractivity contribution is -0.166. The Labute approximate surface area is 157 Å². The Kier molecular flexibility index (Phi) is 9.65. The summed E-state index contributed by atoms with van der Waals surface area (Å²) in [6, 6.07) is 8.10. The standard InChI is InChI=1S/C11H13NO3.C6H12N4O2/c12-9-6-10(13)15-11(9)14-7-8-4-2-1-3-5-8;1-4(11)2-5(7)3-9-10-6(8)12/h1-5,9,11H,6-7,12H2;3,5H,2,7H2,1H3,(H3,8,10,12)/b;9-3-. The Balaban J connectivity index is 0.000000279. The molecule has 3 atom stereocenters. The maximum absolute atomic E-state index is 10.9. The molecule has 148 valence electrons. The fourth-order valence-electron chi connectivity index (χ4n) is 2.05. The number of esters is 1. The molecule has 0 aromatic heterocycles. The number of nitrogens with two attached hydrogens (primary N) is 3. The number of ketones is 1. The highest BCUT2D eigenvalue weighted by Crippen LogP contribution is 2.15. The molecule has 1 aliphatic heterocycles. The Hall–Kier alpha value is -2.82. The lowest BCUT2D eigenvalue weighted by Crippen LogP contribution is -2.32. The van der Waals surface area contributed by atoms with E-state index < -0.39 is 18.4 Å². The molecule has 1 heterocycles. The van der Waals surface area contributed by atoms with Gasteiger partial charge >= 0.3 is 12.0 Å². The van der Waals surface area contributed by atoms with Gasteiger partial charge in [0.1, 0.15) is 5.78 Å². The van der Waals surface area contributed by atoms with Crippen molar-refractivity contribution in [1.29, 1.82) is 0 Å². The fourth-order valence-corrected chi connectivity index (χ4v) is 2.05. The third-order valence-corrected chi connectivity index (χ3v) is 3.22. The van der Waals surface area contributed by atoms with Crippen molar-refractivity contribution in [3.63, 3.8) is 0 Å². The number of Topliss-reactive ketones (excluding diaryl/α,β-unsaturated/α-hetero) is 1. The van der Waals surface area contributed by atoms with Crippen LogP contribution in [0.25, 0.3) is 0 Å². The zero-order valence-corrected chi connectivity index (χ0v) is 15.0. The molecule has 1 saturated heterocycles. The second-order valence-electron chi connectivity index (χ2n) is 5.85. The van der Waals surface area contributed by atoms with Crippen molar-refractivity contribution in [2.75, 3.05) is 0 Å². The molecule has 2 amide bonds. The van der Waals surface area contributed by atoms with Crippen LogP contribution in [-0.4, -0.2) is 42.4 Å². The molecule has 7 N–H and O–H groups in total. The van der Waals surface area contributed by atoms with E-state index >= 15 is 0 Å². The van der Waals surface area contributed by atoms with Crippen molar-refractivity contribution >= 4 is 24.0 Å². The highest BCUT2D eigenvalue weighted by molar-refractivity contribution is 5.81. The molecular formula is C17H25N5O5. The Morgan fingerprint density at radius 1 is 1.41 bits per heavy atom. The summed E-state index contributed by atoms with van der Waals surface area (Å²) >= 11 is 0. The van der Waals surface area contributed by atoms with E-state index in [4.69, 9.17) is 26.7 Å². The second-order valence-corrected chi connectivity index (χ2v) is 5.85. The van der Waals surface area contributed by atoms with Gasteiger partial charge in [-0.25, -0.2) is 10.2 Å². The highest BCUT2D eigenvalue weighted by Gasteiger charge is 2.32. The Morgan fingerprint density at radius 2 is 2.07 bits per heavy atom. The molecule has 10 heteroatoms. The summed E-state index contributed by atoms with van der Waals surface area (Å²) in [4.78, 5) is 31.5. The van der Waals surface area contributed by atoms with Crippen LogP contribution >= 0.6 is 0 Å². The van der Waals surface area contributed by atoms with Crippen LogP contribution in [0.1, 0.15) is 25.3 Å². The lowest BCUT2D eigenvalue weighted by Gasteiger charge is -2.14. The molecule has 0 saturated carbocycles. The molecule has 1 fully saturated rings. The van der Waals surface area contributed by atoms with E-state index in [1.54, 1.807) is 0 Å². The second kappa shape index (κ2) is 11.7. The van der Waals surface area contributed by atoms with Gasteiger partial charge in [0, 0.05) is 18.7 Å². The predicted octanol–water partition coefficient (Wildman–Crippen LogP) is -0.250. The van der Waals surface area contributed by atoms with Crippen LogP contribution in [0.3, 0.4) is 0 Å². The van der Waals surface area contributed by atoms with Gasteiger partial charge in [-0.05, 0) is 12.5 Å². The first kappa shape index (κ1) is 22.2. The Bertz CT molecular complexity index is 652. The first-order valence-corrected chi connectivity index (χ1v) is 8.22. The molecule has 3 unspecified atom stereocenters. The van der Waals surface area contributed by atoms with E-state index in [1.807, 2.05) is 35.8 Å². The van der Waals surface area contributed by atoms with E-state index in [1.165, 1.54) is 13.1 Å². The number of nitrogens with one attached hydrogen (secondary N) is 1. The lowest BCUT2D eigenvalue weighted by atomic mass is 10.2. The third kappa shape index (κ3) is 10.0. The first-order valence-electron chi connectivity index (χ1n) is 8.22. The van der Waals surface area contributed by atoms with Crippen LogP contribution in [0.15, 0.2) is 35.4 Å². The van der Waals surface area contributed by atoms with Gasteiger partial charge < -0.3 is 26.7 Å². The minimum Gasteiger partial charge on any atom is -0.434 e. The van der Waals surface area contributed by atoms with Gasteiger partial charge in [-0.15, -0.1) is 0 Å². The number of hydrogen-bond donors (Lipinski definition) is 4. The van der Waals surface area contributed by atoms with Crippen LogP contribution in [0.4, 0.5) is 4.79 Å². The number of carbonyl (C=O) groups excluding carboxylic acids is 3. The summed E-state index contributed by atoms with van der Waals surface area (Å²) in [7, 11) is 0. The number of primary amides is 1. The van der Waals surface area contributed by atoms with Crippen LogP contribution in [0.2, 0.25) is 0 Å². The third-order valence-electron chi connectivity index (χ3n) is 3.22. The minimum absolute atomic E-state index is 0.0342. The van der Waals surface area contributed by atoms with Gasteiger partial charge in [0.15, 0.2) is 0 Å². The average Bonchev–Trinajstić information content (AvgIpc) is 2.91. The largest absolute Gasteiger partial charge is 0.434 e. The first-order chi connectivity index (χ1) is 12.8. The number of amides is 2. The van der Waals surface area contributed by atoms with Gasteiger partial charge in [0.05, 0.1) is 19.1 Å². The number of carbonyl (C=O) groups is 3. The van der Waals surface area contributed by atoms with Crippen molar-refractivity contribution in [3.05, 3.63) is 35.9 Å². The monoisotopic (exact) mass is 379 g/mol. The van der Waals surface area contributed by atoms with Crippen molar-refractivity contribution in [2.24, 2.45) is 22.3 Å².